The SMILES string of the molecule is Nc1cc(Br)ccc1C(=O)NCC(F)(F)CO. The quantitative estimate of drug-likeness (QED) is 0.736. The second-order valence-electron chi connectivity index (χ2n) is 3.43. The number of halogens is 3. The summed E-state index contributed by atoms with van der Waals surface area (Å²) in [5.74, 6) is -4.04. The number of hydrogen-bond donors (Lipinski definition) is 3. The Morgan fingerprint density at radius 3 is 2.71 bits per heavy atom. The van der Waals surface area contributed by atoms with Gasteiger partial charge in [0, 0.05) is 10.2 Å². The lowest BCUT2D eigenvalue weighted by Crippen LogP contribution is -2.39. The van der Waals surface area contributed by atoms with Gasteiger partial charge < -0.3 is 16.2 Å². The average Bonchev–Trinajstić information content (AvgIpc) is 2.26. The van der Waals surface area contributed by atoms with Crippen molar-refractivity contribution < 1.29 is 18.7 Å². The van der Waals surface area contributed by atoms with Gasteiger partial charge in [0.1, 0.15) is 6.61 Å². The number of carbonyl (C=O) groups is 1. The third-order valence-electron chi connectivity index (χ3n) is 2.00. The highest BCUT2D eigenvalue weighted by molar-refractivity contribution is 9.10. The van der Waals surface area contributed by atoms with E-state index < -0.39 is 25.0 Å². The summed E-state index contributed by atoms with van der Waals surface area (Å²) in [6.07, 6.45) is 0. The fraction of sp³-hybridized carbons (Fsp3) is 0.300. The van der Waals surface area contributed by atoms with Crippen LogP contribution in [0.1, 0.15) is 10.4 Å². The number of carbonyl (C=O) groups excluding carboxylic acids is 1. The van der Waals surface area contributed by atoms with Gasteiger partial charge in [-0.15, -0.1) is 0 Å². The maximum absolute atomic E-state index is 12.7. The first-order chi connectivity index (χ1) is 7.85. The van der Waals surface area contributed by atoms with Gasteiger partial charge in [-0.05, 0) is 18.2 Å². The average molecular weight is 309 g/mol. The molecule has 0 aliphatic carbocycles. The molecular formula is C10H11BrF2N2O2. The molecule has 4 nitrogen and oxygen atoms in total. The molecule has 1 aromatic rings. The predicted molar refractivity (Wildman–Crippen MR) is 62.9 cm³/mol. The number of nitrogen functional groups attached to an aromatic ring is 1. The minimum absolute atomic E-state index is 0.113. The van der Waals surface area contributed by atoms with Gasteiger partial charge in [-0.3, -0.25) is 4.79 Å². The van der Waals surface area contributed by atoms with E-state index in [4.69, 9.17) is 10.8 Å². The standard InChI is InChI=1S/C10H11BrF2N2O2/c11-6-1-2-7(8(14)3-6)9(17)15-4-10(12,13)5-16/h1-3,16H,4-5,14H2,(H,15,17). The van der Waals surface area contributed by atoms with Crippen molar-refractivity contribution in [1.82, 2.24) is 5.32 Å². The Bertz CT molecular complexity index is 427. The zero-order valence-corrected chi connectivity index (χ0v) is 10.3. The van der Waals surface area contributed by atoms with Gasteiger partial charge in [0.15, 0.2) is 0 Å². The van der Waals surface area contributed by atoms with Crippen molar-refractivity contribution in [2.24, 2.45) is 0 Å². The number of rotatable bonds is 4. The number of benzene rings is 1. The summed E-state index contributed by atoms with van der Waals surface area (Å²) in [5, 5.41) is 10.3. The molecule has 0 aliphatic heterocycles. The number of alkyl halides is 2. The Hall–Kier alpha value is -1.21. The molecule has 0 saturated heterocycles. The van der Waals surface area contributed by atoms with E-state index in [9.17, 15) is 13.6 Å². The first kappa shape index (κ1) is 13.9. The van der Waals surface area contributed by atoms with E-state index in [0.29, 0.717) is 4.47 Å². The summed E-state index contributed by atoms with van der Waals surface area (Å²) < 4.78 is 26.1. The molecule has 0 spiro atoms. The number of aliphatic hydroxyl groups is 1. The topological polar surface area (TPSA) is 75.4 Å². The molecule has 0 unspecified atom stereocenters. The van der Waals surface area contributed by atoms with Gasteiger partial charge in [0.05, 0.1) is 12.1 Å². The Morgan fingerprint density at radius 2 is 2.18 bits per heavy atom. The molecule has 0 saturated carbocycles. The molecule has 94 valence electrons. The summed E-state index contributed by atoms with van der Waals surface area (Å²) in [6.45, 7) is -2.25. The molecule has 0 atom stereocenters. The van der Waals surface area contributed by atoms with Crippen LogP contribution in [-0.2, 0) is 0 Å². The third-order valence-corrected chi connectivity index (χ3v) is 2.49. The van der Waals surface area contributed by atoms with E-state index in [-0.39, 0.29) is 11.3 Å². The van der Waals surface area contributed by atoms with E-state index in [2.05, 4.69) is 15.9 Å². The van der Waals surface area contributed by atoms with Crippen molar-refractivity contribution in [1.29, 1.82) is 0 Å². The highest BCUT2D eigenvalue weighted by Gasteiger charge is 2.28. The van der Waals surface area contributed by atoms with Crippen LogP contribution in [-0.4, -0.2) is 30.1 Å². The Balaban J connectivity index is 2.71. The van der Waals surface area contributed by atoms with Crippen molar-refractivity contribution in [3.8, 4) is 0 Å². The van der Waals surface area contributed by atoms with Crippen molar-refractivity contribution >= 4 is 27.5 Å². The molecule has 7 heteroatoms. The van der Waals surface area contributed by atoms with Gasteiger partial charge >= 0.3 is 0 Å². The smallest absolute Gasteiger partial charge is 0.287 e. The lowest BCUT2D eigenvalue weighted by atomic mass is 10.1. The van der Waals surface area contributed by atoms with Crippen LogP contribution in [0, 0.1) is 0 Å². The first-order valence-corrected chi connectivity index (χ1v) is 5.47. The normalized spacial score (nSPS) is 11.3. The minimum atomic E-state index is -3.33. The Kier molecular flexibility index (Phi) is 4.41. The largest absolute Gasteiger partial charge is 0.398 e. The van der Waals surface area contributed by atoms with E-state index in [0.717, 1.165) is 0 Å². The summed E-state index contributed by atoms with van der Waals surface area (Å²) in [6, 6.07) is 4.50. The van der Waals surface area contributed by atoms with E-state index in [1.165, 1.54) is 12.1 Å². The van der Waals surface area contributed by atoms with Crippen molar-refractivity contribution in [3.63, 3.8) is 0 Å². The molecule has 17 heavy (non-hydrogen) atoms. The first-order valence-electron chi connectivity index (χ1n) is 4.67. The van der Waals surface area contributed by atoms with Gasteiger partial charge in [0.2, 0.25) is 0 Å². The molecule has 1 rings (SSSR count). The Labute approximate surface area is 105 Å². The fourth-order valence-electron chi connectivity index (χ4n) is 1.10. The third kappa shape index (κ3) is 3.94. The predicted octanol–water partition coefficient (Wildman–Crippen LogP) is 1.39. The zero-order valence-electron chi connectivity index (χ0n) is 8.71. The van der Waals surface area contributed by atoms with Gasteiger partial charge in [0.25, 0.3) is 11.8 Å². The van der Waals surface area contributed by atoms with Crippen LogP contribution < -0.4 is 11.1 Å². The zero-order chi connectivity index (χ0) is 13.1. The van der Waals surface area contributed by atoms with Gasteiger partial charge in [-0.1, -0.05) is 15.9 Å². The molecule has 0 fully saturated rings. The molecule has 0 aromatic heterocycles. The van der Waals surface area contributed by atoms with Crippen LogP contribution in [0.15, 0.2) is 22.7 Å². The summed E-state index contributed by atoms with van der Waals surface area (Å²) in [7, 11) is 0. The van der Waals surface area contributed by atoms with Gasteiger partial charge in [-0.25, -0.2) is 8.78 Å². The number of amides is 1. The molecule has 1 aromatic carbocycles. The molecular weight excluding hydrogens is 298 g/mol. The van der Waals surface area contributed by atoms with Crippen molar-refractivity contribution in [3.05, 3.63) is 28.2 Å². The molecule has 1 amide bonds. The van der Waals surface area contributed by atoms with E-state index in [1.807, 2.05) is 5.32 Å². The maximum atomic E-state index is 12.7. The second-order valence-corrected chi connectivity index (χ2v) is 4.34. The van der Waals surface area contributed by atoms with E-state index >= 15 is 0 Å². The fourth-order valence-corrected chi connectivity index (χ4v) is 1.48. The summed E-state index contributed by atoms with van der Waals surface area (Å²) in [5.41, 5.74) is 5.86. The second kappa shape index (κ2) is 5.42. The number of aliphatic hydroxyl groups excluding tert-OH is 1. The number of nitrogens with one attached hydrogen (secondary N) is 1. The monoisotopic (exact) mass is 308 g/mol. The molecule has 0 radical (unpaired) electrons. The summed E-state index contributed by atoms with van der Waals surface area (Å²) in [4.78, 5) is 11.5. The molecule has 0 bridgehead atoms. The van der Waals surface area contributed by atoms with E-state index in [1.54, 1.807) is 6.07 Å². The highest BCUT2D eigenvalue weighted by Crippen LogP contribution is 2.18. The van der Waals surface area contributed by atoms with Crippen LogP contribution >= 0.6 is 15.9 Å². The highest BCUT2D eigenvalue weighted by atomic mass is 79.9. The molecule has 0 aliphatic rings. The van der Waals surface area contributed by atoms with Crippen LogP contribution in [0.2, 0.25) is 0 Å². The summed E-state index contributed by atoms with van der Waals surface area (Å²) >= 11 is 3.16. The molecule has 4 N–H and O–H groups in total. The maximum Gasteiger partial charge on any atom is 0.287 e. The Morgan fingerprint density at radius 1 is 1.53 bits per heavy atom. The van der Waals surface area contributed by atoms with Crippen LogP contribution in [0.5, 0.6) is 0 Å². The lowest BCUT2D eigenvalue weighted by molar-refractivity contribution is -0.0461. The lowest BCUT2D eigenvalue weighted by Gasteiger charge is -2.14. The molecule has 0 heterocycles. The van der Waals surface area contributed by atoms with Crippen LogP contribution in [0.4, 0.5) is 14.5 Å². The van der Waals surface area contributed by atoms with Gasteiger partial charge in [-0.2, -0.15) is 0 Å². The van der Waals surface area contributed by atoms with Crippen molar-refractivity contribution in [2.45, 2.75) is 5.92 Å². The number of nitrogens with two attached hydrogens (primary N) is 1. The number of hydrogen-bond acceptors (Lipinski definition) is 3. The number of anilines is 1. The minimum Gasteiger partial charge on any atom is -0.398 e. The van der Waals surface area contributed by atoms with Crippen LogP contribution in [0.25, 0.3) is 0 Å². The van der Waals surface area contributed by atoms with Crippen molar-refractivity contribution in [2.75, 3.05) is 18.9 Å². The van der Waals surface area contributed by atoms with Crippen LogP contribution in [0.3, 0.4) is 0 Å².